The quantitative estimate of drug-likeness (QED) is 0.622. The van der Waals surface area contributed by atoms with Crippen LogP contribution in [0.1, 0.15) is 41.5 Å². The van der Waals surface area contributed by atoms with Crippen molar-refractivity contribution in [1.29, 1.82) is 0 Å². The van der Waals surface area contributed by atoms with Crippen molar-refractivity contribution in [3.63, 3.8) is 0 Å². The van der Waals surface area contributed by atoms with Gasteiger partial charge < -0.3 is 9.47 Å². The predicted octanol–water partition coefficient (Wildman–Crippen LogP) is 2.39. The van der Waals surface area contributed by atoms with Crippen LogP contribution in [0.5, 0.6) is 0 Å². The lowest BCUT2D eigenvalue weighted by molar-refractivity contribution is -0.170. The molecule has 0 aromatic heterocycles. The highest BCUT2D eigenvalue weighted by Crippen LogP contribution is 2.40. The Morgan fingerprint density at radius 1 is 0.909 bits per heavy atom. The van der Waals surface area contributed by atoms with Crippen LogP contribution in [-0.2, 0) is 44.7 Å². The van der Waals surface area contributed by atoms with Crippen LogP contribution >= 0.6 is 0 Å². The molecule has 0 amide bonds. The summed E-state index contributed by atoms with van der Waals surface area (Å²) in [5, 5.41) is 0. The minimum absolute atomic E-state index is 0.408. The largest absolute Gasteiger partial charge is 0.468 e. The van der Waals surface area contributed by atoms with Gasteiger partial charge in [0, 0.05) is 0 Å². The van der Waals surface area contributed by atoms with E-state index in [1.165, 1.54) is 36.5 Å². The number of hydrogen-bond acceptors (Lipinski definition) is 4. The fourth-order valence-corrected chi connectivity index (χ4v) is 3.83. The van der Waals surface area contributed by atoms with Crippen LogP contribution < -0.4 is 0 Å². The molecule has 0 bridgehead atoms. The lowest BCUT2D eigenvalue weighted by Gasteiger charge is -2.34. The molecular formula is C18H22O4. The van der Waals surface area contributed by atoms with Crippen molar-refractivity contribution in [2.75, 3.05) is 14.2 Å². The zero-order valence-electron chi connectivity index (χ0n) is 13.2. The summed E-state index contributed by atoms with van der Waals surface area (Å²) in [6, 6.07) is 4.36. The fraction of sp³-hybridized carbons (Fsp3) is 0.556. The van der Waals surface area contributed by atoms with Gasteiger partial charge in [-0.15, -0.1) is 0 Å². The van der Waals surface area contributed by atoms with Crippen molar-refractivity contribution in [2.45, 2.75) is 44.9 Å². The molecule has 118 valence electrons. The molecule has 0 N–H and O–H groups in total. The van der Waals surface area contributed by atoms with Gasteiger partial charge >= 0.3 is 11.9 Å². The molecular weight excluding hydrogens is 280 g/mol. The van der Waals surface area contributed by atoms with Gasteiger partial charge in [0.2, 0.25) is 0 Å². The molecule has 4 heteroatoms. The number of hydrogen-bond donors (Lipinski definition) is 0. The number of rotatable bonds is 2. The first-order valence-corrected chi connectivity index (χ1v) is 7.91. The Morgan fingerprint density at radius 2 is 1.55 bits per heavy atom. The molecule has 0 saturated carbocycles. The van der Waals surface area contributed by atoms with E-state index < -0.39 is 17.4 Å². The molecule has 0 fully saturated rings. The van der Waals surface area contributed by atoms with Crippen molar-refractivity contribution >= 4 is 11.9 Å². The van der Waals surface area contributed by atoms with Crippen LogP contribution in [0.2, 0.25) is 0 Å². The van der Waals surface area contributed by atoms with Gasteiger partial charge in [0.15, 0.2) is 5.41 Å². The fourth-order valence-electron chi connectivity index (χ4n) is 3.83. The summed E-state index contributed by atoms with van der Waals surface area (Å²) in [5.74, 6) is -0.937. The molecule has 0 heterocycles. The minimum Gasteiger partial charge on any atom is -0.468 e. The Hall–Kier alpha value is -1.84. The number of carbonyl (C=O) groups excluding carboxylic acids is 2. The summed E-state index contributed by atoms with van der Waals surface area (Å²) in [5.41, 5.74) is 3.94. The van der Waals surface area contributed by atoms with Crippen molar-refractivity contribution in [2.24, 2.45) is 5.41 Å². The molecule has 2 aliphatic rings. The van der Waals surface area contributed by atoms with Gasteiger partial charge in [-0.05, 0) is 60.8 Å². The van der Waals surface area contributed by atoms with Crippen LogP contribution in [-0.4, -0.2) is 26.2 Å². The maximum absolute atomic E-state index is 12.5. The van der Waals surface area contributed by atoms with Crippen LogP contribution in [0.25, 0.3) is 0 Å². The number of methoxy groups -OCH3 is 2. The number of esters is 2. The van der Waals surface area contributed by atoms with Crippen LogP contribution in [0.3, 0.4) is 0 Å². The van der Waals surface area contributed by atoms with E-state index in [-0.39, 0.29) is 0 Å². The lowest BCUT2D eigenvalue weighted by Crippen LogP contribution is -2.44. The first-order valence-electron chi connectivity index (χ1n) is 7.91. The molecule has 0 saturated heterocycles. The zero-order chi connectivity index (χ0) is 15.7. The first-order chi connectivity index (χ1) is 10.6. The second-order valence-electron chi connectivity index (χ2n) is 6.29. The predicted molar refractivity (Wildman–Crippen MR) is 81.6 cm³/mol. The summed E-state index contributed by atoms with van der Waals surface area (Å²) in [7, 11) is 2.69. The van der Waals surface area contributed by atoms with E-state index in [2.05, 4.69) is 12.1 Å². The van der Waals surface area contributed by atoms with Crippen LogP contribution in [0.4, 0.5) is 0 Å². The maximum Gasteiger partial charge on any atom is 0.323 e. The Kier molecular flexibility index (Phi) is 3.94. The lowest BCUT2D eigenvalue weighted by atomic mass is 9.70. The molecule has 1 aromatic carbocycles. The average Bonchev–Trinajstić information content (AvgIpc) is 2.49. The molecule has 0 aliphatic heterocycles. The average molecular weight is 302 g/mol. The van der Waals surface area contributed by atoms with Crippen LogP contribution in [0, 0.1) is 5.41 Å². The van der Waals surface area contributed by atoms with Gasteiger partial charge in [0.1, 0.15) is 0 Å². The topological polar surface area (TPSA) is 52.6 Å². The van der Waals surface area contributed by atoms with E-state index in [1.807, 2.05) is 0 Å². The van der Waals surface area contributed by atoms with Crippen molar-refractivity contribution < 1.29 is 19.1 Å². The molecule has 1 aromatic rings. The second-order valence-corrected chi connectivity index (χ2v) is 6.29. The summed E-state index contributed by atoms with van der Waals surface area (Å²) < 4.78 is 9.95. The Bertz CT molecular complexity index is 602. The second kappa shape index (κ2) is 5.75. The van der Waals surface area contributed by atoms with Gasteiger partial charge in [-0.25, -0.2) is 0 Å². The van der Waals surface area contributed by atoms with E-state index in [4.69, 9.17) is 9.47 Å². The molecule has 0 unspecified atom stereocenters. The third-order valence-corrected chi connectivity index (χ3v) is 5.20. The summed E-state index contributed by atoms with van der Waals surface area (Å²) in [6.07, 6.45) is 5.84. The highest BCUT2D eigenvalue weighted by Gasteiger charge is 2.49. The van der Waals surface area contributed by atoms with E-state index in [0.29, 0.717) is 12.8 Å². The summed E-state index contributed by atoms with van der Waals surface area (Å²) in [6.45, 7) is 0. The number of aryl methyl sites for hydroxylation is 2. The Balaban J connectivity index is 2.10. The standard InChI is InChI=1S/C18H22O4/c1-21-16(19)18(17(20)22-2)10-4-3-5-12-6-7-13-8-9-14(13)15(12)11-18/h6-7H,3-5,8-11H2,1-2H3. The van der Waals surface area contributed by atoms with Gasteiger partial charge in [-0.3, -0.25) is 9.59 Å². The van der Waals surface area contributed by atoms with E-state index in [0.717, 1.165) is 32.1 Å². The van der Waals surface area contributed by atoms with Crippen molar-refractivity contribution in [3.8, 4) is 0 Å². The number of carbonyl (C=O) groups is 2. The zero-order valence-corrected chi connectivity index (χ0v) is 13.2. The van der Waals surface area contributed by atoms with Crippen molar-refractivity contribution in [1.82, 2.24) is 0 Å². The number of fused-ring (bicyclic) bond motifs is 3. The Labute approximate surface area is 130 Å². The molecule has 0 spiro atoms. The summed E-state index contributed by atoms with van der Waals surface area (Å²) in [4.78, 5) is 24.9. The van der Waals surface area contributed by atoms with Crippen molar-refractivity contribution in [3.05, 3.63) is 34.4 Å². The normalized spacial score (nSPS) is 18.8. The summed E-state index contributed by atoms with van der Waals surface area (Å²) >= 11 is 0. The Morgan fingerprint density at radius 3 is 2.09 bits per heavy atom. The van der Waals surface area contributed by atoms with E-state index in [9.17, 15) is 9.59 Å². The third kappa shape index (κ3) is 2.21. The molecule has 2 aliphatic carbocycles. The first kappa shape index (κ1) is 15.1. The van der Waals surface area contributed by atoms with Gasteiger partial charge in [-0.2, -0.15) is 0 Å². The molecule has 22 heavy (non-hydrogen) atoms. The van der Waals surface area contributed by atoms with Gasteiger partial charge in [0.05, 0.1) is 14.2 Å². The van der Waals surface area contributed by atoms with Gasteiger partial charge in [-0.1, -0.05) is 18.6 Å². The highest BCUT2D eigenvalue weighted by atomic mass is 16.5. The molecule has 4 nitrogen and oxygen atoms in total. The van der Waals surface area contributed by atoms with E-state index >= 15 is 0 Å². The number of ether oxygens (including phenoxy) is 2. The smallest absolute Gasteiger partial charge is 0.323 e. The third-order valence-electron chi connectivity index (χ3n) is 5.20. The van der Waals surface area contributed by atoms with Gasteiger partial charge in [0.25, 0.3) is 0 Å². The molecule has 0 radical (unpaired) electrons. The maximum atomic E-state index is 12.5. The molecule has 0 atom stereocenters. The SMILES string of the molecule is COC(=O)C1(C(=O)OC)CCCCc2ccc3c(c2C1)CC3. The monoisotopic (exact) mass is 302 g/mol. The molecule has 3 rings (SSSR count). The highest BCUT2D eigenvalue weighted by molar-refractivity contribution is 6.00. The number of benzene rings is 1. The minimum atomic E-state index is -1.19. The van der Waals surface area contributed by atoms with E-state index in [1.54, 1.807) is 0 Å². The van der Waals surface area contributed by atoms with Crippen LogP contribution in [0.15, 0.2) is 12.1 Å².